The minimum atomic E-state index is -1.66. The maximum absolute atomic E-state index is 13.3. The molecule has 0 amide bonds. The van der Waals surface area contributed by atoms with Crippen molar-refractivity contribution in [2.75, 3.05) is 0 Å². The van der Waals surface area contributed by atoms with Crippen molar-refractivity contribution >= 4 is 23.5 Å². The summed E-state index contributed by atoms with van der Waals surface area (Å²) in [7, 11) is 0.0169. The summed E-state index contributed by atoms with van der Waals surface area (Å²) in [5.41, 5.74) is 0.361. The summed E-state index contributed by atoms with van der Waals surface area (Å²) >= 11 is 0. The van der Waals surface area contributed by atoms with Crippen molar-refractivity contribution in [1.82, 2.24) is 9.78 Å². The van der Waals surface area contributed by atoms with Crippen LogP contribution < -0.4 is 5.46 Å². The lowest BCUT2D eigenvalue weighted by Crippen LogP contribution is -2.29. The first-order valence-electron chi connectivity index (χ1n) is 4.07. The maximum atomic E-state index is 13.3. The first kappa shape index (κ1) is 9.17. The molecule has 0 aliphatic carbocycles. The molecular weight excluding hydrogens is 186 g/mol. The summed E-state index contributed by atoms with van der Waals surface area (Å²) < 4.78 is 14.8. The van der Waals surface area contributed by atoms with Crippen molar-refractivity contribution < 1.29 is 14.4 Å². The van der Waals surface area contributed by atoms with E-state index in [4.69, 9.17) is 10.0 Å². The fourth-order valence-corrected chi connectivity index (χ4v) is 1.38. The van der Waals surface area contributed by atoms with Crippen molar-refractivity contribution in [2.45, 2.75) is 0 Å². The number of aromatic nitrogens is 2. The minimum absolute atomic E-state index is 0.128. The molecule has 1 aromatic heterocycles. The van der Waals surface area contributed by atoms with Gasteiger partial charge in [0.1, 0.15) is 5.52 Å². The standard InChI is InChI=1S/C8H8BFN2O2/c1-12-4-5-2-6(9(13)14)3-7(10)8(5)11-12/h2-4,13-14H,1H3. The highest BCUT2D eigenvalue weighted by Crippen LogP contribution is 2.13. The molecule has 0 aliphatic rings. The quantitative estimate of drug-likeness (QED) is 0.595. The van der Waals surface area contributed by atoms with Gasteiger partial charge >= 0.3 is 7.12 Å². The molecule has 0 saturated heterocycles. The maximum Gasteiger partial charge on any atom is 0.488 e. The number of benzene rings is 1. The largest absolute Gasteiger partial charge is 0.488 e. The van der Waals surface area contributed by atoms with Gasteiger partial charge in [-0.3, -0.25) is 4.68 Å². The van der Waals surface area contributed by atoms with Crippen LogP contribution in [-0.4, -0.2) is 26.9 Å². The zero-order valence-corrected chi connectivity index (χ0v) is 7.48. The lowest BCUT2D eigenvalue weighted by Gasteiger charge is -1.99. The molecule has 0 radical (unpaired) electrons. The minimum Gasteiger partial charge on any atom is -0.423 e. The average Bonchev–Trinajstić information content (AvgIpc) is 2.45. The zero-order valence-electron chi connectivity index (χ0n) is 7.48. The van der Waals surface area contributed by atoms with E-state index >= 15 is 0 Å². The van der Waals surface area contributed by atoms with E-state index in [-0.39, 0.29) is 11.0 Å². The average molecular weight is 194 g/mol. The van der Waals surface area contributed by atoms with Crippen LogP contribution >= 0.6 is 0 Å². The van der Waals surface area contributed by atoms with Crippen molar-refractivity contribution in [2.24, 2.45) is 7.05 Å². The Bertz CT molecular complexity index is 483. The number of nitrogens with zero attached hydrogens (tertiary/aromatic N) is 2. The molecule has 2 aromatic rings. The predicted molar refractivity (Wildman–Crippen MR) is 50.5 cm³/mol. The Morgan fingerprint density at radius 2 is 2.14 bits per heavy atom. The molecule has 2 rings (SSSR count). The molecule has 14 heavy (non-hydrogen) atoms. The highest BCUT2D eigenvalue weighted by atomic mass is 19.1. The summed E-state index contributed by atoms with van der Waals surface area (Å²) in [6.07, 6.45) is 1.62. The van der Waals surface area contributed by atoms with Crippen LogP contribution in [0.3, 0.4) is 0 Å². The highest BCUT2D eigenvalue weighted by molar-refractivity contribution is 6.58. The van der Waals surface area contributed by atoms with Gasteiger partial charge in [-0.25, -0.2) is 4.39 Å². The van der Waals surface area contributed by atoms with E-state index < -0.39 is 12.9 Å². The second kappa shape index (κ2) is 3.07. The molecule has 1 aromatic carbocycles. The Hall–Kier alpha value is -1.40. The number of aryl methyl sites for hydroxylation is 1. The third-order valence-electron chi connectivity index (χ3n) is 2.00. The Labute approximate surface area is 79.7 Å². The van der Waals surface area contributed by atoms with Gasteiger partial charge in [-0.05, 0) is 11.5 Å². The van der Waals surface area contributed by atoms with Crippen LogP contribution in [0.15, 0.2) is 18.3 Å². The molecule has 0 fully saturated rings. The van der Waals surface area contributed by atoms with Gasteiger partial charge in [0, 0.05) is 18.6 Å². The lowest BCUT2D eigenvalue weighted by molar-refractivity contribution is 0.425. The van der Waals surface area contributed by atoms with Crippen molar-refractivity contribution in [3.05, 3.63) is 24.1 Å². The van der Waals surface area contributed by atoms with Crippen LogP contribution in [0, 0.1) is 5.82 Å². The van der Waals surface area contributed by atoms with Crippen LogP contribution in [0.25, 0.3) is 10.9 Å². The van der Waals surface area contributed by atoms with Crippen molar-refractivity contribution in [3.8, 4) is 0 Å². The number of halogens is 1. The third kappa shape index (κ3) is 1.38. The normalized spacial score (nSPS) is 10.9. The molecule has 0 atom stereocenters. The Morgan fingerprint density at radius 3 is 2.79 bits per heavy atom. The Balaban J connectivity index is 2.71. The number of fused-ring (bicyclic) bond motifs is 1. The number of hydrogen-bond acceptors (Lipinski definition) is 3. The monoisotopic (exact) mass is 194 g/mol. The van der Waals surface area contributed by atoms with Gasteiger partial charge in [0.05, 0.1) is 0 Å². The van der Waals surface area contributed by atoms with E-state index in [1.807, 2.05) is 0 Å². The third-order valence-corrected chi connectivity index (χ3v) is 2.00. The van der Waals surface area contributed by atoms with Gasteiger partial charge in [0.15, 0.2) is 5.82 Å². The van der Waals surface area contributed by atoms with Crippen LogP contribution in [0.1, 0.15) is 0 Å². The Kier molecular flexibility index (Phi) is 2.01. The van der Waals surface area contributed by atoms with E-state index in [2.05, 4.69) is 5.10 Å². The van der Waals surface area contributed by atoms with Gasteiger partial charge in [0.2, 0.25) is 0 Å². The van der Waals surface area contributed by atoms with Crippen LogP contribution in [0.5, 0.6) is 0 Å². The first-order valence-corrected chi connectivity index (χ1v) is 4.07. The summed E-state index contributed by atoms with van der Waals surface area (Å²) in [5.74, 6) is -0.550. The van der Waals surface area contributed by atoms with Gasteiger partial charge in [-0.15, -0.1) is 0 Å². The Morgan fingerprint density at radius 1 is 1.43 bits per heavy atom. The van der Waals surface area contributed by atoms with Crippen molar-refractivity contribution in [3.63, 3.8) is 0 Å². The second-order valence-corrected chi connectivity index (χ2v) is 3.12. The van der Waals surface area contributed by atoms with Gasteiger partial charge in [-0.1, -0.05) is 6.07 Å². The molecule has 0 unspecified atom stereocenters. The molecule has 72 valence electrons. The molecule has 0 spiro atoms. The predicted octanol–water partition coefficient (Wildman–Crippen LogP) is -0.608. The molecule has 0 bridgehead atoms. The number of hydrogen-bond donors (Lipinski definition) is 2. The van der Waals surface area contributed by atoms with Gasteiger partial charge in [-0.2, -0.15) is 5.10 Å². The lowest BCUT2D eigenvalue weighted by atomic mass is 9.80. The summed E-state index contributed by atoms with van der Waals surface area (Å²) in [6.45, 7) is 0. The summed E-state index contributed by atoms with van der Waals surface area (Å²) in [6, 6.07) is 2.57. The second-order valence-electron chi connectivity index (χ2n) is 3.12. The number of rotatable bonds is 1. The van der Waals surface area contributed by atoms with E-state index in [1.165, 1.54) is 10.7 Å². The van der Waals surface area contributed by atoms with E-state index in [9.17, 15) is 4.39 Å². The van der Waals surface area contributed by atoms with E-state index in [0.29, 0.717) is 5.39 Å². The SMILES string of the molecule is Cn1cc2cc(B(O)O)cc(F)c2n1. The molecule has 0 aliphatic heterocycles. The molecule has 0 saturated carbocycles. The summed E-state index contributed by atoms with van der Waals surface area (Å²) in [4.78, 5) is 0. The smallest absolute Gasteiger partial charge is 0.423 e. The molecule has 4 nitrogen and oxygen atoms in total. The van der Waals surface area contributed by atoms with Crippen LogP contribution in [0.2, 0.25) is 0 Å². The van der Waals surface area contributed by atoms with Crippen LogP contribution in [0.4, 0.5) is 4.39 Å². The zero-order chi connectivity index (χ0) is 10.3. The fraction of sp³-hybridized carbons (Fsp3) is 0.125. The molecular formula is C8H8BFN2O2. The van der Waals surface area contributed by atoms with E-state index in [1.54, 1.807) is 13.2 Å². The first-order chi connectivity index (χ1) is 6.58. The van der Waals surface area contributed by atoms with Gasteiger partial charge < -0.3 is 10.0 Å². The topological polar surface area (TPSA) is 58.3 Å². The van der Waals surface area contributed by atoms with E-state index in [0.717, 1.165) is 6.07 Å². The fourth-order valence-electron chi connectivity index (χ4n) is 1.38. The van der Waals surface area contributed by atoms with Crippen molar-refractivity contribution in [1.29, 1.82) is 0 Å². The highest BCUT2D eigenvalue weighted by Gasteiger charge is 2.15. The molecule has 2 N–H and O–H groups in total. The van der Waals surface area contributed by atoms with Gasteiger partial charge in [0.25, 0.3) is 0 Å². The molecule has 1 heterocycles. The van der Waals surface area contributed by atoms with Crippen LogP contribution in [-0.2, 0) is 7.05 Å². The molecule has 6 heteroatoms. The summed E-state index contributed by atoms with van der Waals surface area (Å²) in [5, 5.41) is 22.2.